The van der Waals surface area contributed by atoms with E-state index in [0.717, 1.165) is 17.0 Å². The van der Waals surface area contributed by atoms with E-state index in [1.807, 2.05) is 62.4 Å². The van der Waals surface area contributed by atoms with E-state index < -0.39 is 5.41 Å². The van der Waals surface area contributed by atoms with Gasteiger partial charge in [0.05, 0.1) is 19.6 Å². The molecule has 0 saturated heterocycles. The van der Waals surface area contributed by atoms with Crippen LogP contribution in [0, 0.1) is 0 Å². The van der Waals surface area contributed by atoms with Crippen molar-refractivity contribution in [2.24, 2.45) is 0 Å². The zero-order valence-corrected chi connectivity index (χ0v) is 13.3. The Hall–Kier alpha value is -2.49. The third-order valence-corrected chi connectivity index (χ3v) is 3.70. The minimum Gasteiger partial charge on any atom is -0.497 e. The Balaban J connectivity index is 2.22. The second-order valence-corrected chi connectivity index (χ2v) is 5.51. The highest BCUT2D eigenvalue weighted by Gasteiger charge is 2.32. The van der Waals surface area contributed by atoms with Crippen molar-refractivity contribution in [2.45, 2.75) is 19.3 Å². The summed E-state index contributed by atoms with van der Waals surface area (Å²) in [5, 5.41) is 2.93. The van der Waals surface area contributed by atoms with Crippen molar-refractivity contribution < 1.29 is 14.3 Å². The first kappa shape index (κ1) is 15.9. The topological polar surface area (TPSA) is 47.6 Å². The number of carbonyl (C=O) groups excluding carboxylic acids is 1. The summed E-state index contributed by atoms with van der Waals surface area (Å²) in [5.74, 6) is 1.36. The van der Waals surface area contributed by atoms with E-state index in [-0.39, 0.29) is 5.91 Å². The van der Waals surface area contributed by atoms with Gasteiger partial charge in [0.25, 0.3) is 0 Å². The first-order valence-corrected chi connectivity index (χ1v) is 7.08. The molecule has 2 aromatic carbocycles. The predicted molar refractivity (Wildman–Crippen MR) is 87.6 cm³/mol. The van der Waals surface area contributed by atoms with Crippen LogP contribution in [-0.4, -0.2) is 20.1 Å². The van der Waals surface area contributed by atoms with Gasteiger partial charge in [0.15, 0.2) is 0 Å². The van der Waals surface area contributed by atoms with Crippen LogP contribution in [0.3, 0.4) is 0 Å². The molecule has 0 atom stereocenters. The van der Waals surface area contributed by atoms with E-state index >= 15 is 0 Å². The maximum atomic E-state index is 12.7. The fraction of sp³-hybridized carbons (Fsp3) is 0.278. The molecule has 116 valence electrons. The zero-order valence-electron chi connectivity index (χ0n) is 13.3. The van der Waals surface area contributed by atoms with Gasteiger partial charge in [0, 0.05) is 11.3 Å². The summed E-state index contributed by atoms with van der Waals surface area (Å²) in [6, 6.07) is 14.8. The lowest BCUT2D eigenvalue weighted by atomic mass is 9.83. The number of hydrogen-bond donors (Lipinski definition) is 1. The first-order chi connectivity index (χ1) is 10.5. The molecule has 4 nitrogen and oxygen atoms in total. The molecule has 0 unspecified atom stereocenters. The third kappa shape index (κ3) is 3.22. The molecule has 4 heteroatoms. The zero-order chi connectivity index (χ0) is 16.2. The lowest BCUT2D eigenvalue weighted by molar-refractivity contribution is -0.120. The highest BCUT2D eigenvalue weighted by molar-refractivity contribution is 5.99. The molecular weight excluding hydrogens is 278 g/mol. The second kappa shape index (κ2) is 6.52. The quantitative estimate of drug-likeness (QED) is 0.917. The van der Waals surface area contributed by atoms with E-state index in [4.69, 9.17) is 9.47 Å². The van der Waals surface area contributed by atoms with E-state index in [9.17, 15) is 4.79 Å². The minimum atomic E-state index is -0.716. The molecule has 2 aromatic rings. The standard InChI is InChI=1S/C18H21NO3/c1-18(2,15-7-5-6-8-16(15)22-4)17(20)19-13-9-11-14(21-3)12-10-13/h5-12H,1-4H3,(H,19,20). The van der Waals surface area contributed by atoms with Crippen LogP contribution in [0.5, 0.6) is 11.5 Å². The number of methoxy groups -OCH3 is 2. The number of carbonyl (C=O) groups is 1. The number of ether oxygens (including phenoxy) is 2. The maximum absolute atomic E-state index is 12.7. The molecule has 0 aliphatic rings. The summed E-state index contributed by atoms with van der Waals surface area (Å²) in [7, 11) is 3.22. The van der Waals surface area contributed by atoms with Crippen molar-refractivity contribution in [1.29, 1.82) is 0 Å². The summed E-state index contributed by atoms with van der Waals surface area (Å²) in [6.45, 7) is 3.76. The molecular formula is C18H21NO3. The van der Waals surface area contributed by atoms with Crippen LogP contribution in [0.2, 0.25) is 0 Å². The molecule has 2 rings (SSSR count). The van der Waals surface area contributed by atoms with Crippen LogP contribution >= 0.6 is 0 Å². The number of anilines is 1. The number of rotatable bonds is 5. The van der Waals surface area contributed by atoms with Gasteiger partial charge in [-0.15, -0.1) is 0 Å². The highest BCUT2D eigenvalue weighted by atomic mass is 16.5. The number of para-hydroxylation sites is 1. The van der Waals surface area contributed by atoms with Crippen LogP contribution in [0.4, 0.5) is 5.69 Å². The Morgan fingerprint density at radius 1 is 0.955 bits per heavy atom. The lowest BCUT2D eigenvalue weighted by Gasteiger charge is -2.26. The summed E-state index contributed by atoms with van der Waals surface area (Å²) >= 11 is 0. The average Bonchev–Trinajstić information content (AvgIpc) is 2.55. The molecule has 22 heavy (non-hydrogen) atoms. The van der Waals surface area contributed by atoms with Crippen molar-refractivity contribution in [1.82, 2.24) is 0 Å². The van der Waals surface area contributed by atoms with Crippen LogP contribution < -0.4 is 14.8 Å². The maximum Gasteiger partial charge on any atom is 0.234 e. The van der Waals surface area contributed by atoms with Crippen molar-refractivity contribution in [3.8, 4) is 11.5 Å². The lowest BCUT2D eigenvalue weighted by Crippen LogP contribution is -2.35. The molecule has 0 aliphatic carbocycles. The average molecular weight is 299 g/mol. The molecule has 1 amide bonds. The normalized spacial score (nSPS) is 10.9. The molecule has 0 radical (unpaired) electrons. The fourth-order valence-corrected chi connectivity index (χ4v) is 2.24. The molecule has 0 saturated carbocycles. The number of nitrogens with one attached hydrogen (secondary N) is 1. The SMILES string of the molecule is COc1ccc(NC(=O)C(C)(C)c2ccccc2OC)cc1. The number of benzene rings is 2. The van der Waals surface area contributed by atoms with Crippen LogP contribution in [0.15, 0.2) is 48.5 Å². The van der Waals surface area contributed by atoms with Gasteiger partial charge < -0.3 is 14.8 Å². The molecule has 0 bridgehead atoms. The summed E-state index contributed by atoms with van der Waals surface area (Å²) < 4.78 is 10.5. The van der Waals surface area contributed by atoms with Gasteiger partial charge in [0.2, 0.25) is 5.91 Å². The predicted octanol–water partition coefficient (Wildman–Crippen LogP) is 3.62. The van der Waals surface area contributed by atoms with Gasteiger partial charge in [-0.05, 0) is 44.2 Å². The Morgan fingerprint density at radius 3 is 2.18 bits per heavy atom. The third-order valence-electron chi connectivity index (χ3n) is 3.70. The number of hydrogen-bond acceptors (Lipinski definition) is 3. The Kier molecular flexibility index (Phi) is 4.71. The smallest absolute Gasteiger partial charge is 0.234 e. The van der Waals surface area contributed by atoms with Gasteiger partial charge in [-0.3, -0.25) is 4.79 Å². The fourth-order valence-electron chi connectivity index (χ4n) is 2.24. The van der Waals surface area contributed by atoms with Gasteiger partial charge in [-0.2, -0.15) is 0 Å². The number of amides is 1. The van der Waals surface area contributed by atoms with Crippen LogP contribution in [-0.2, 0) is 10.2 Å². The molecule has 1 N–H and O–H groups in total. The Bertz CT molecular complexity index is 648. The van der Waals surface area contributed by atoms with E-state index in [0.29, 0.717) is 5.75 Å². The van der Waals surface area contributed by atoms with Gasteiger partial charge in [-0.1, -0.05) is 18.2 Å². The molecule has 0 fully saturated rings. The molecule has 0 spiro atoms. The first-order valence-electron chi connectivity index (χ1n) is 7.08. The van der Waals surface area contributed by atoms with Gasteiger partial charge >= 0.3 is 0 Å². The van der Waals surface area contributed by atoms with Crippen LogP contribution in [0.25, 0.3) is 0 Å². The summed E-state index contributed by atoms with van der Waals surface area (Å²) in [5.41, 5.74) is 0.865. The van der Waals surface area contributed by atoms with Crippen molar-refractivity contribution in [3.63, 3.8) is 0 Å². The summed E-state index contributed by atoms with van der Waals surface area (Å²) in [4.78, 5) is 12.7. The summed E-state index contributed by atoms with van der Waals surface area (Å²) in [6.07, 6.45) is 0. The molecule has 0 heterocycles. The van der Waals surface area contributed by atoms with E-state index in [1.165, 1.54) is 0 Å². The molecule has 0 aliphatic heterocycles. The van der Waals surface area contributed by atoms with Gasteiger partial charge in [0.1, 0.15) is 11.5 Å². The molecule has 0 aromatic heterocycles. The largest absolute Gasteiger partial charge is 0.497 e. The Morgan fingerprint density at radius 2 is 1.59 bits per heavy atom. The Labute approximate surface area is 131 Å². The minimum absolute atomic E-state index is 0.0952. The van der Waals surface area contributed by atoms with Crippen molar-refractivity contribution in [3.05, 3.63) is 54.1 Å². The van der Waals surface area contributed by atoms with Crippen molar-refractivity contribution in [2.75, 3.05) is 19.5 Å². The van der Waals surface area contributed by atoms with Gasteiger partial charge in [-0.25, -0.2) is 0 Å². The van der Waals surface area contributed by atoms with E-state index in [2.05, 4.69) is 5.32 Å². The monoisotopic (exact) mass is 299 g/mol. The van der Waals surface area contributed by atoms with E-state index in [1.54, 1.807) is 14.2 Å². The second-order valence-electron chi connectivity index (χ2n) is 5.51. The van der Waals surface area contributed by atoms with Crippen LogP contribution in [0.1, 0.15) is 19.4 Å². The van der Waals surface area contributed by atoms with Crippen molar-refractivity contribution >= 4 is 11.6 Å². The highest BCUT2D eigenvalue weighted by Crippen LogP contribution is 2.32.